The summed E-state index contributed by atoms with van der Waals surface area (Å²) in [6.45, 7) is 0. The van der Waals surface area contributed by atoms with E-state index in [1.807, 2.05) is 0 Å². The van der Waals surface area contributed by atoms with E-state index in [0.717, 1.165) is 11.8 Å². The number of nitrogens with one attached hydrogen (secondary N) is 2. The third kappa shape index (κ3) is 8.37. The first-order valence-corrected chi connectivity index (χ1v) is 10.8. The average molecular weight is 475 g/mol. The molecule has 0 atom stereocenters. The molecule has 0 heterocycles. The van der Waals surface area contributed by atoms with Crippen LogP contribution < -0.4 is 29.8 Å². The fraction of sp³-hybridized carbons (Fsp3) is 0.273. The Morgan fingerprint density at radius 3 is 1.55 bits per heavy atom. The third-order valence-electron chi connectivity index (χ3n) is 4.13. The normalized spacial score (nSPS) is 10.8. The van der Waals surface area contributed by atoms with Crippen LogP contribution in [0.5, 0.6) is 23.0 Å². The van der Waals surface area contributed by atoms with Crippen LogP contribution in [0, 0.1) is 0 Å². The van der Waals surface area contributed by atoms with Crippen molar-refractivity contribution < 1.29 is 28.5 Å². The SMILES string of the molecule is COc1ccc(/C=N\NC(=O)CSCC(=O)N/N=C\c2ccc(OC)cc2OC)c(OC)c1. The summed E-state index contributed by atoms with van der Waals surface area (Å²) in [5.41, 5.74) is 6.17. The fourth-order valence-corrected chi connectivity index (χ4v) is 3.10. The number of carbonyl (C=O) groups excluding carboxylic acids is 2. The molecule has 0 radical (unpaired) electrons. The van der Waals surface area contributed by atoms with Crippen molar-refractivity contribution in [2.45, 2.75) is 0 Å². The van der Waals surface area contributed by atoms with E-state index in [2.05, 4.69) is 21.1 Å². The van der Waals surface area contributed by atoms with E-state index in [1.165, 1.54) is 26.6 Å². The van der Waals surface area contributed by atoms with E-state index in [4.69, 9.17) is 18.9 Å². The predicted octanol–water partition coefficient (Wildman–Crippen LogP) is 2.05. The van der Waals surface area contributed by atoms with E-state index in [0.29, 0.717) is 34.1 Å². The number of thioether (sulfide) groups is 1. The molecule has 0 aliphatic carbocycles. The van der Waals surface area contributed by atoms with Crippen molar-refractivity contribution in [1.29, 1.82) is 0 Å². The van der Waals surface area contributed by atoms with Crippen molar-refractivity contribution in [1.82, 2.24) is 10.9 Å². The summed E-state index contributed by atoms with van der Waals surface area (Å²) in [6, 6.07) is 10.5. The van der Waals surface area contributed by atoms with Crippen LogP contribution in [0.1, 0.15) is 11.1 Å². The summed E-state index contributed by atoms with van der Waals surface area (Å²) < 4.78 is 20.8. The number of rotatable bonds is 12. The highest BCUT2D eigenvalue weighted by Crippen LogP contribution is 2.23. The molecular weight excluding hydrogens is 448 g/mol. The second-order valence-electron chi connectivity index (χ2n) is 6.29. The summed E-state index contributed by atoms with van der Waals surface area (Å²) in [5, 5.41) is 7.82. The third-order valence-corrected chi connectivity index (χ3v) is 5.07. The molecule has 0 saturated heterocycles. The van der Waals surface area contributed by atoms with Gasteiger partial charge >= 0.3 is 0 Å². The zero-order chi connectivity index (χ0) is 24.1. The van der Waals surface area contributed by atoms with Gasteiger partial charge in [-0.1, -0.05) is 0 Å². The lowest BCUT2D eigenvalue weighted by Crippen LogP contribution is -2.23. The van der Waals surface area contributed by atoms with Crippen LogP contribution in [0.4, 0.5) is 0 Å². The topological polar surface area (TPSA) is 120 Å². The van der Waals surface area contributed by atoms with Gasteiger partial charge in [-0.05, 0) is 24.3 Å². The molecule has 176 valence electrons. The number of methoxy groups -OCH3 is 4. The Bertz CT molecular complexity index is 933. The van der Waals surface area contributed by atoms with Gasteiger partial charge < -0.3 is 18.9 Å². The highest BCUT2D eigenvalue weighted by Gasteiger charge is 2.06. The number of ether oxygens (including phenoxy) is 4. The molecule has 0 aromatic heterocycles. The first-order valence-electron chi connectivity index (χ1n) is 9.66. The van der Waals surface area contributed by atoms with Crippen molar-refractivity contribution in [3.63, 3.8) is 0 Å². The second-order valence-corrected chi connectivity index (χ2v) is 7.28. The minimum Gasteiger partial charge on any atom is -0.497 e. The van der Waals surface area contributed by atoms with Crippen LogP contribution in [0.25, 0.3) is 0 Å². The van der Waals surface area contributed by atoms with Gasteiger partial charge in [0.1, 0.15) is 23.0 Å². The highest BCUT2D eigenvalue weighted by atomic mass is 32.2. The van der Waals surface area contributed by atoms with E-state index >= 15 is 0 Å². The van der Waals surface area contributed by atoms with Gasteiger partial charge in [0.15, 0.2) is 0 Å². The number of hydrogen-bond acceptors (Lipinski definition) is 9. The summed E-state index contributed by atoms with van der Waals surface area (Å²) in [6.07, 6.45) is 2.94. The molecule has 0 fully saturated rings. The molecule has 2 N–H and O–H groups in total. The number of nitrogens with zero attached hydrogens (tertiary/aromatic N) is 2. The van der Waals surface area contributed by atoms with E-state index in [-0.39, 0.29) is 23.3 Å². The number of benzene rings is 2. The Kier molecular flexibility index (Phi) is 10.5. The molecule has 0 aliphatic rings. The standard InChI is InChI=1S/C22H26N4O6S/c1-29-17-7-5-15(19(9-17)31-3)11-23-25-21(27)13-33-14-22(28)26-24-12-16-6-8-18(30-2)10-20(16)32-4/h5-12H,13-14H2,1-4H3,(H,25,27)(H,26,28)/b23-11-,24-12-. The summed E-state index contributed by atoms with van der Waals surface area (Å²) >= 11 is 1.13. The van der Waals surface area contributed by atoms with E-state index in [9.17, 15) is 9.59 Å². The van der Waals surface area contributed by atoms with Gasteiger partial charge in [0.25, 0.3) is 0 Å². The van der Waals surface area contributed by atoms with Crippen molar-refractivity contribution in [2.75, 3.05) is 39.9 Å². The Morgan fingerprint density at radius 2 is 1.18 bits per heavy atom. The number of hydrazone groups is 2. The Labute approximate surface area is 196 Å². The quantitative estimate of drug-likeness (QED) is 0.357. The molecule has 11 heteroatoms. The van der Waals surface area contributed by atoms with Gasteiger partial charge in [0, 0.05) is 23.3 Å². The largest absolute Gasteiger partial charge is 0.497 e. The summed E-state index contributed by atoms with van der Waals surface area (Å²) in [5.74, 6) is 1.84. The van der Waals surface area contributed by atoms with E-state index < -0.39 is 0 Å². The molecule has 2 aromatic carbocycles. The first-order chi connectivity index (χ1) is 16.0. The minimum absolute atomic E-state index is 0.0561. The van der Waals surface area contributed by atoms with Gasteiger partial charge in [-0.15, -0.1) is 11.8 Å². The van der Waals surface area contributed by atoms with Crippen LogP contribution >= 0.6 is 11.8 Å². The van der Waals surface area contributed by atoms with Crippen LogP contribution in [-0.2, 0) is 9.59 Å². The van der Waals surface area contributed by atoms with Gasteiger partial charge in [-0.3, -0.25) is 9.59 Å². The maximum absolute atomic E-state index is 11.9. The smallest absolute Gasteiger partial charge is 0.250 e. The number of hydrogen-bond donors (Lipinski definition) is 2. The molecule has 0 saturated carbocycles. The van der Waals surface area contributed by atoms with E-state index in [1.54, 1.807) is 50.6 Å². The lowest BCUT2D eigenvalue weighted by atomic mass is 10.2. The van der Waals surface area contributed by atoms with Crippen LogP contribution in [0.2, 0.25) is 0 Å². The predicted molar refractivity (Wildman–Crippen MR) is 128 cm³/mol. The van der Waals surface area contributed by atoms with Crippen molar-refractivity contribution in [2.24, 2.45) is 10.2 Å². The van der Waals surface area contributed by atoms with Crippen molar-refractivity contribution in [3.05, 3.63) is 47.5 Å². The molecule has 0 bridgehead atoms. The minimum atomic E-state index is -0.344. The van der Waals surface area contributed by atoms with Gasteiger partial charge in [0.2, 0.25) is 11.8 Å². The molecule has 2 rings (SSSR count). The van der Waals surface area contributed by atoms with Crippen molar-refractivity contribution >= 4 is 36.0 Å². The Morgan fingerprint density at radius 1 is 0.758 bits per heavy atom. The molecule has 2 aromatic rings. The van der Waals surface area contributed by atoms with Crippen LogP contribution in [0.3, 0.4) is 0 Å². The maximum Gasteiger partial charge on any atom is 0.250 e. The number of carbonyl (C=O) groups is 2. The Balaban J connectivity index is 1.73. The number of amides is 2. The van der Waals surface area contributed by atoms with Crippen LogP contribution in [-0.4, -0.2) is 64.2 Å². The average Bonchev–Trinajstić information content (AvgIpc) is 2.84. The highest BCUT2D eigenvalue weighted by molar-refractivity contribution is 8.00. The zero-order valence-electron chi connectivity index (χ0n) is 18.8. The summed E-state index contributed by atoms with van der Waals surface area (Å²) in [7, 11) is 6.18. The maximum atomic E-state index is 11.9. The van der Waals surface area contributed by atoms with Gasteiger partial charge in [-0.25, -0.2) is 10.9 Å². The zero-order valence-corrected chi connectivity index (χ0v) is 19.6. The molecule has 2 amide bonds. The Hall–Kier alpha value is -3.73. The fourth-order valence-electron chi connectivity index (χ4n) is 2.50. The molecule has 10 nitrogen and oxygen atoms in total. The molecular formula is C22H26N4O6S. The molecule has 0 unspecified atom stereocenters. The second kappa shape index (κ2) is 13.6. The monoisotopic (exact) mass is 474 g/mol. The molecule has 33 heavy (non-hydrogen) atoms. The summed E-state index contributed by atoms with van der Waals surface area (Å²) in [4.78, 5) is 23.8. The lowest BCUT2D eigenvalue weighted by Gasteiger charge is -2.07. The van der Waals surface area contributed by atoms with Crippen LogP contribution in [0.15, 0.2) is 46.6 Å². The first kappa shape index (κ1) is 25.5. The van der Waals surface area contributed by atoms with Crippen molar-refractivity contribution in [3.8, 4) is 23.0 Å². The van der Waals surface area contributed by atoms with Gasteiger partial charge in [-0.2, -0.15) is 10.2 Å². The van der Waals surface area contributed by atoms with Gasteiger partial charge in [0.05, 0.1) is 52.4 Å². The lowest BCUT2D eigenvalue weighted by molar-refractivity contribution is -0.118. The molecule has 0 spiro atoms. The molecule has 0 aliphatic heterocycles.